The number of rotatable bonds is 2. The minimum Gasteiger partial charge on any atom is -0.361 e. The summed E-state index contributed by atoms with van der Waals surface area (Å²) in [7, 11) is 0. The molecule has 0 amide bonds. The highest BCUT2D eigenvalue weighted by atomic mass is 19.1. The van der Waals surface area contributed by atoms with Gasteiger partial charge in [-0.25, -0.2) is 4.39 Å². The highest BCUT2D eigenvalue weighted by Crippen LogP contribution is 2.30. The van der Waals surface area contributed by atoms with Crippen molar-refractivity contribution in [3.63, 3.8) is 0 Å². The van der Waals surface area contributed by atoms with Gasteiger partial charge in [0, 0.05) is 0 Å². The van der Waals surface area contributed by atoms with E-state index in [0.29, 0.717) is 18.9 Å². The fourth-order valence-corrected chi connectivity index (χ4v) is 1.23. The first kappa shape index (κ1) is 6.80. The van der Waals surface area contributed by atoms with E-state index in [9.17, 15) is 4.39 Å². The summed E-state index contributed by atoms with van der Waals surface area (Å²) in [5.41, 5.74) is 1.14. The Kier molecular flexibility index (Phi) is 1.62. The van der Waals surface area contributed by atoms with E-state index in [1.807, 2.05) is 18.2 Å². The average molecular weight is 152 g/mol. The molecule has 0 aromatic carbocycles. The second kappa shape index (κ2) is 2.62. The van der Waals surface area contributed by atoms with Crippen LogP contribution >= 0.6 is 0 Å². The summed E-state index contributed by atoms with van der Waals surface area (Å²) in [5, 5.41) is 0. The summed E-state index contributed by atoms with van der Waals surface area (Å²) in [6, 6.07) is 0. The Balaban J connectivity index is 1.98. The average Bonchev–Trinajstić information content (AvgIpc) is 2.78. The maximum Gasteiger partial charge on any atom is 0.107 e. The van der Waals surface area contributed by atoms with Crippen LogP contribution in [0.4, 0.5) is 4.39 Å². The molecule has 0 aromatic heterocycles. The molecule has 0 bridgehead atoms. The zero-order valence-corrected chi connectivity index (χ0v) is 6.03. The molecule has 0 saturated carbocycles. The summed E-state index contributed by atoms with van der Waals surface area (Å²) >= 11 is 0. The maximum absolute atomic E-state index is 11.6. The van der Waals surface area contributed by atoms with Gasteiger partial charge in [-0.05, 0) is 18.1 Å². The number of hydrogen-bond donors (Lipinski definition) is 0. The summed E-state index contributed by atoms with van der Waals surface area (Å²) in [6.07, 6.45) is 9.40. The van der Waals surface area contributed by atoms with E-state index in [1.54, 1.807) is 0 Å². The molecule has 1 fully saturated rings. The zero-order valence-electron chi connectivity index (χ0n) is 6.03. The van der Waals surface area contributed by atoms with Crippen LogP contribution in [0.25, 0.3) is 0 Å². The number of allylic oxidation sites excluding steroid dienone is 3. The summed E-state index contributed by atoms with van der Waals surface area (Å²) in [5.74, 6) is 0. The first-order valence-corrected chi connectivity index (χ1v) is 3.70. The monoisotopic (exact) mass is 152 g/mol. The van der Waals surface area contributed by atoms with E-state index >= 15 is 0 Å². The van der Waals surface area contributed by atoms with Gasteiger partial charge in [-0.1, -0.05) is 18.2 Å². The lowest BCUT2D eigenvalue weighted by atomic mass is 10.0. The summed E-state index contributed by atoms with van der Waals surface area (Å²) in [4.78, 5) is 0. The molecule has 2 unspecified atom stereocenters. The third kappa shape index (κ3) is 1.40. The predicted octanol–water partition coefficient (Wildman–Crippen LogP) is 2.12. The molecule has 1 nitrogen and oxygen atoms in total. The zero-order chi connectivity index (χ0) is 7.68. The first-order chi connectivity index (χ1) is 5.40. The van der Waals surface area contributed by atoms with Gasteiger partial charge >= 0.3 is 0 Å². The molecule has 58 valence electrons. The number of ether oxygens (including phenoxy) is 1. The first-order valence-electron chi connectivity index (χ1n) is 3.70. The molecule has 0 spiro atoms. The van der Waals surface area contributed by atoms with E-state index in [1.165, 1.54) is 6.08 Å². The van der Waals surface area contributed by atoms with Crippen molar-refractivity contribution in [2.24, 2.45) is 0 Å². The lowest BCUT2D eigenvalue weighted by Gasteiger charge is -1.98. The van der Waals surface area contributed by atoms with E-state index in [-0.39, 0.29) is 6.10 Å². The quantitative estimate of drug-likeness (QED) is 0.552. The van der Waals surface area contributed by atoms with Crippen molar-refractivity contribution >= 4 is 0 Å². The Morgan fingerprint density at radius 2 is 2.45 bits per heavy atom. The van der Waals surface area contributed by atoms with Gasteiger partial charge in [-0.15, -0.1) is 0 Å². The van der Waals surface area contributed by atoms with Crippen LogP contribution in [0, 0.1) is 0 Å². The smallest absolute Gasteiger partial charge is 0.107 e. The van der Waals surface area contributed by atoms with Crippen LogP contribution in [0.15, 0.2) is 36.2 Å². The molecule has 1 aliphatic heterocycles. The number of epoxide rings is 1. The Hall–Kier alpha value is -0.890. The second-order valence-electron chi connectivity index (χ2n) is 2.73. The van der Waals surface area contributed by atoms with Gasteiger partial charge in [0.1, 0.15) is 12.2 Å². The van der Waals surface area contributed by atoms with Gasteiger partial charge in [0.2, 0.25) is 0 Å². The van der Waals surface area contributed by atoms with Crippen molar-refractivity contribution in [2.75, 3.05) is 0 Å². The molecule has 0 aromatic rings. The van der Waals surface area contributed by atoms with E-state index in [4.69, 9.17) is 4.74 Å². The largest absolute Gasteiger partial charge is 0.361 e. The van der Waals surface area contributed by atoms with Crippen LogP contribution in [0.5, 0.6) is 0 Å². The lowest BCUT2D eigenvalue weighted by Crippen LogP contribution is -1.93. The van der Waals surface area contributed by atoms with Crippen LogP contribution < -0.4 is 0 Å². The van der Waals surface area contributed by atoms with E-state index in [0.717, 1.165) is 5.57 Å². The van der Waals surface area contributed by atoms with Crippen LogP contribution in [0.3, 0.4) is 0 Å². The molecular weight excluding hydrogens is 143 g/mol. The number of halogens is 1. The molecule has 0 N–H and O–H groups in total. The Morgan fingerprint density at radius 3 is 3.18 bits per heavy atom. The van der Waals surface area contributed by atoms with Crippen molar-refractivity contribution in [3.8, 4) is 0 Å². The van der Waals surface area contributed by atoms with Crippen LogP contribution in [0.1, 0.15) is 6.42 Å². The normalized spacial score (nSPS) is 33.7. The van der Waals surface area contributed by atoms with Gasteiger partial charge in [-0.2, -0.15) is 0 Å². The van der Waals surface area contributed by atoms with E-state index in [2.05, 4.69) is 0 Å². The predicted molar refractivity (Wildman–Crippen MR) is 40.7 cm³/mol. The fourth-order valence-electron chi connectivity index (χ4n) is 1.23. The van der Waals surface area contributed by atoms with Gasteiger partial charge in [0.25, 0.3) is 0 Å². The molecule has 1 saturated heterocycles. The van der Waals surface area contributed by atoms with Crippen LogP contribution in [-0.2, 0) is 4.74 Å². The number of fused-ring (bicyclic) bond motifs is 1. The third-order valence-corrected chi connectivity index (χ3v) is 1.88. The van der Waals surface area contributed by atoms with Gasteiger partial charge in [-0.3, -0.25) is 0 Å². The lowest BCUT2D eigenvalue weighted by molar-refractivity contribution is 0.414. The van der Waals surface area contributed by atoms with Crippen LogP contribution in [-0.4, -0.2) is 12.2 Å². The molecular formula is C9H9FO. The van der Waals surface area contributed by atoms with Crippen molar-refractivity contribution in [2.45, 2.75) is 18.6 Å². The highest BCUT2D eigenvalue weighted by Gasteiger charge is 2.36. The molecule has 0 radical (unpaired) electrons. The highest BCUT2D eigenvalue weighted by molar-refractivity contribution is 5.32. The maximum atomic E-state index is 11.6. The molecule has 2 aliphatic rings. The number of hydrogen-bond acceptors (Lipinski definition) is 1. The minimum atomic E-state index is 0.281. The Bertz CT molecular complexity index is 240. The standard InChI is InChI=1S/C9H9FO/c10-5-1-2-7-3-4-8-9(6-7)11-8/h1,3-6,8-9H,2H2. The molecule has 2 heteroatoms. The van der Waals surface area contributed by atoms with Crippen molar-refractivity contribution in [1.82, 2.24) is 0 Å². The molecule has 1 aliphatic carbocycles. The minimum absolute atomic E-state index is 0.281. The second-order valence-corrected chi connectivity index (χ2v) is 2.73. The van der Waals surface area contributed by atoms with Crippen LogP contribution in [0.2, 0.25) is 0 Å². The van der Waals surface area contributed by atoms with E-state index < -0.39 is 0 Å². The third-order valence-electron chi connectivity index (χ3n) is 1.88. The van der Waals surface area contributed by atoms with Gasteiger partial charge in [0.15, 0.2) is 0 Å². The summed E-state index contributed by atoms with van der Waals surface area (Å²) < 4.78 is 16.8. The van der Waals surface area contributed by atoms with Crippen molar-refractivity contribution in [3.05, 3.63) is 36.2 Å². The SMILES string of the molecule is FC=CCC1=CC2OC2C=C1. The molecule has 2 rings (SSSR count). The Labute approximate surface area is 64.9 Å². The molecule has 2 atom stereocenters. The van der Waals surface area contributed by atoms with Gasteiger partial charge < -0.3 is 4.74 Å². The fraction of sp³-hybridized carbons (Fsp3) is 0.333. The van der Waals surface area contributed by atoms with Crippen molar-refractivity contribution in [1.29, 1.82) is 0 Å². The van der Waals surface area contributed by atoms with Gasteiger partial charge in [0.05, 0.1) is 6.33 Å². The molecule has 1 heterocycles. The van der Waals surface area contributed by atoms with Crippen molar-refractivity contribution < 1.29 is 9.13 Å². The Morgan fingerprint density at radius 1 is 1.55 bits per heavy atom. The molecule has 11 heavy (non-hydrogen) atoms. The topological polar surface area (TPSA) is 12.5 Å². The summed E-state index contributed by atoms with van der Waals surface area (Å²) in [6.45, 7) is 0.